The molecule has 6 heteroatoms. The van der Waals surface area contributed by atoms with Gasteiger partial charge in [-0.3, -0.25) is 0 Å². The summed E-state index contributed by atoms with van der Waals surface area (Å²) in [6.07, 6.45) is 4.19. The summed E-state index contributed by atoms with van der Waals surface area (Å²) in [5, 5.41) is 3.41. The van der Waals surface area contributed by atoms with Crippen LogP contribution in [0.4, 0.5) is 0 Å². The first kappa shape index (κ1) is 16.2. The van der Waals surface area contributed by atoms with Crippen LogP contribution in [-0.2, 0) is 14.8 Å². The Morgan fingerprint density at radius 1 is 1.35 bits per heavy atom. The molecule has 2 aliphatic rings. The zero-order chi connectivity index (χ0) is 14.8. The van der Waals surface area contributed by atoms with Gasteiger partial charge in [-0.05, 0) is 46.6 Å². The van der Waals surface area contributed by atoms with Crippen LogP contribution in [0, 0.1) is 0 Å². The first-order valence-corrected chi connectivity index (χ1v) is 9.28. The van der Waals surface area contributed by atoms with Crippen molar-refractivity contribution in [3.63, 3.8) is 0 Å². The van der Waals surface area contributed by atoms with Gasteiger partial charge in [-0.15, -0.1) is 0 Å². The van der Waals surface area contributed by atoms with E-state index >= 15 is 0 Å². The van der Waals surface area contributed by atoms with Crippen LogP contribution in [-0.4, -0.2) is 55.9 Å². The van der Waals surface area contributed by atoms with Crippen LogP contribution in [0.25, 0.3) is 0 Å². The highest BCUT2D eigenvalue weighted by molar-refractivity contribution is 7.89. The quantitative estimate of drug-likeness (QED) is 0.852. The smallest absolute Gasteiger partial charge is 0.214 e. The van der Waals surface area contributed by atoms with Crippen molar-refractivity contribution in [2.24, 2.45) is 0 Å². The van der Waals surface area contributed by atoms with Crippen LogP contribution in [0.1, 0.15) is 46.5 Å². The maximum atomic E-state index is 12.5. The molecule has 2 fully saturated rings. The molecule has 5 nitrogen and oxygen atoms in total. The van der Waals surface area contributed by atoms with Crippen molar-refractivity contribution in [1.82, 2.24) is 9.62 Å². The molecule has 0 spiro atoms. The second-order valence-electron chi connectivity index (χ2n) is 6.73. The van der Waals surface area contributed by atoms with E-state index in [2.05, 4.69) is 5.32 Å². The molecule has 0 bridgehead atoms. The van der Waals surface area contributed by atoms with Crippen molar-refractivity contribution in [1.29, 1.82) is 0 Å². The van der Waals surface area contributed by atoms with Crippen molar-refractivity contribution < 1.29 is 13.2 Å². The lowest BCUT2D eigenvalue weighted by atomic mass is 10.0. The van der Waals surface area contributed by atoms with Gasteiger partial charge in [0.05, 0.1) is 17.5 Å². The Labute approximate surface area is 123 Å². The lowest BCUT2D eigenvalue weighted by Gasteiger charge is -2.41. The van der Waals surface area contributed by atoms with E-state index < -0.39 is 15.6 Å². The summed E-state index contributed by atoms with van der Waals surface area (Å²) in [4.78, 5) is 0. The molecule has 0 amide bonds. The van der Waals surface area contributed by atoms with Crippen LogP contribution < -0.4 is 5.32 Å². The van der Waals surface area contributed by atoms with Crippen molar-refractivity contribution >= 4 is 10.0 Å². The molecule has 0 aliphatic carbocycles. The largest absolute Gasteiger partial charge is 0.370 e. The molecule has 0 radical (unpaired) electrons. The van der Waals surface area contributed by atoms with Crippen LogP contribution in [0.15, 0.2) is 0 Å². The molecular weight excluding hydrogens is 276 g/mol. The predicted octanol–water partition coefficient (Wildman–Crippen LogP) is 1.35. The standard InChI is InChI=1S/C14H28N2O3S/c1-12-10-16(11-14(2,3)19-12)20(17,18)9-7-13-6-4-5-8-15-13/h12-13,15H,4-11H2,1-3H3. The number of piperidine rings is 1. The number of nitrogens with zero attached hydrogens (tertiary/aromatic N) is 1. The number of hydrogen-bond donors (Lipinski definition) is 1. The highest BCUT2D eigenvalue weighted by Gasteiger charge is 2.37. The maximum absolute atomic E-state index is 12.5. The Morgan fingerprint density at radius 3 is 2.70 bits per heavy atom. The molecule has 1 N–H and O–H groups in total. The molecule has 0 aromatic rings. The second kappa shape index (κ2) is 6.30. The third-order valence-electron chi connectivity index (χ3n) is 4.07. The van der Waals surface area contributed by atoms with Gasteiger partial charge in [0, 0.05) is 19.1 Å². The first-order chi connectivity index (χ1) is 9.28. The van der Waals surface area contributed by atoms with Gasteiger partial charge >= 0.3 is 0 Å². The van der Waals surface area contributed by atoms with E-state index in [1.807, 2.05) is 20.8 Å². The van der Waals surface area contributed by atoms with E-state index in [4.69, 9.17) is 4.74 Å². The van der Waals surface area contributed by atoms with Crippen molar-refractivity contribution in [2.45, 2.75) is 64.2 Å². The van der Waals surface area contributed by atoms with Crippen molar-refractivity contribution in [3.8, 4) is 0 Å². The molecule has 0 aromatic carbocycles. The predicted molar refractivity (Wildman–Crippen MR) is 80.2 cm³/mol. The van der Waals surface area contributed by atoms with Crippen LogP contribution in [0.2, 0.25) is 0 Å². The zero-order valence-corrected chi connectivity index (χ0v) is 13.7. The minimum Gasteiger partial charge on any atom is -0.370 e. The van der Waals surface area contributed by atoms with E-state index in [0.29, 0.717) is 25.6 Å². The van der Waals surface area contributed by atoms with Gasteiger partial charge in [0.15, 0.2) is 0 Å². The molecule has 2 aliphatic heterocycles. The van der Waals surface area contributed by atoms with Gasteiger partial charge in [0.25, 0.3) is 0 Å². The molecule has 118 valence electrons. The van der Waals surface area contributed by atoms with E-state index in [9.17, 15) is 8.42 Å². The third-order valence-corrected chi connectivity index (χ3v) is 5.88. The van der Waals surface area contributed by atoms with Gasteiger partial charge in [0.1, 0.15) is 0 Å². The average Bonchev–Trinajstić information content (AvgIpc) is 2.35. The fourth-order valence-corrected chi connectivity index (χ4v) is 4.98. The minimum absolute atomic E-state index is 0.0404. The van der Waals surface area contributed by atoms with E-state index in [-0.39, 0.29) is 11.9 Å². The number of nitrogens with one attached hydrogen (secondary N) is 1. The maximum Gasteiger partial charge on any atom is 0.214 e. The Bertz CT molecular complexity index is 416. The number of rotatable bonds is 4. The molecule has 0 saturated carbocycles. The molecular formula is C14H28N2O3S. The van der Waals surface area contributed by atoms with Crippen LogP contribution >= 0.6 is 0 Å². The summed E-state index contributed by atoms with van der Waals surface area (Å²) < 4.78 is 32.4. The SMILES string of the molecule is CC1CN(S(=O)(=O)CCC2CCCCN2)CC(C)(C)O1. The Balaban J connectivity index is 1.91. The second-order valence-corrected chi connectivity index (χ2v) is 8.82. The third kappa shape index (κ3) is 4.41. The lowest BCUT2D eigenvalue weighted by Crippen LogP contribution is -2.54. The van der Waals surface area contributed by atoms with Crippen molar-refractivity contribution in [2.75, 3.05) is 25.4 Å². The minimum atomic E-state index is -3.17. The molecule has 20 heavy (non-hydrogen) atoms. The van der Waals surface area contributed by atoms with Gasteiger partial charge in [-0.2, -0.15) is 4.31 Å². The highest BCUT2D eigenvalue weighted by Crippen LogP contribution is 2.24. The highest BCUT2D eigenvalue weighted by atomic mass is 32.2. The molecule has 2 rings (SSSR count). The molecule has 2 saturated heterocycles. The monoisotopic (exact) mass is 304 g/mol. The Morgan fingerprint density at radius 2 is 2.10 bits per heavy atom. The van der Waals surface area contributed by atoms with Gasteiger partial charge in [0.2, 0.25) is 10.0 Å². The van der Waals surface area contributed by atoms with E-state index in [0.717, 1.165) is 13.0 Å². The molecule has 2 atom stereocenters. The summed E-state index contributed by atoms with van der Waals surface area (Å²) in [6, 6.07) is 0.366. The number of sulfonamides is 1. The number of ether oxygens (including phenoxy) is 1. The molecule has 2 unspecified atom stereocenters. The fraction of sp³-hybridized carbons (Fsp3) is 1.00. The summed E-state index contributed by atoms with van der Waals surface area (Å²) in [5.41, 5.74) is -0.395. The average molecular weight is 304 g/mol. The topological polar surface area (TPSA) is 58.6 Å². The number of hydrogen-bond acceptors (Lipinski definition) is 4. The summed E-state index contributed by atoms with van der Waals surface area (Å²) in [7, 11) is -3.17. The first-order valence-electron chi connectivity index (χ1n) is 7.67. The fourth-order valence-electron chi connectivity index (χ4n) is 3.20. The Hall–Kier alpha value is -0.170. The van der Waals surface area contributed by atoms with Gasteiger partial charge in [-0.1, -0.05) is 6.42 Å². The normalized spacial score (nSPS) is 32.1. The van der Waals surface area contributed by atoms with E-state index in [1.165, 1.54) is 12.8 Å². The van der Waals surface area contributed by atoms with E-state index in [1.54, 1.807) is 4.31 Å². The Kier molecular flexibility index (Phi) is 5.10. The summed E-state index contributed by atoms with van der Waals surface area (Å²) >= 11 is 0. The van der Waals surface area contributed by atoms with Crippen LogP contribution in [0.3, 0.4) is 0 Å². The van der Waals surface area contributed by atoms with Crippen molar-refractivity contribution in [3.05, 3.63) is 0 Å². The zero-order valence-electron chi connectivity index (χ0n) is 12.9. The number of morpholine rings is 1. The summed E-state index contributed by atoms with van der Waals surface area (Å²) in [6.45, 7) is 7.79. The summed E-state index contributed by atoms with van der Waals surface area (Å²) in [5.74, 6) is 0.244. The van der Waals surface area contributed by atoms with Gasteiger partial charge in [-0.25, -0.2) is 8.42 Å². The molecule has 0 aromatic heterocycles. The molecule has 2 heterocycles. The lowest BCUT2D eigenvalue weighted by molar-refractivity contribution is -0.109. The van der Waals surface area contributed by atoms with Gasteiger partial charge < -0.3 is 10.1 Å². The van der Waals surface area contributed by atoms with Crippen LogP contribution in [0.5, 0.6) is 0 Å².